The van der Waals surface area contributed by atoms with Crippen molar-refractivity contribution in [3.8, 4) is 0 Å². The minimum Gasteiger partial charge on any atom is -0.468 e. The van der Waals surface area contributed by atoms with Crippen LogP contribution in [0.25, 0.3) is 0 Å². The molecule has 0 bridgehead atoms. The summed E-state index contributed by atoms with van der Waals surface area (Å²) in [6, 6.07) is -0.569. The van der Waals surface area contributed by atoms with E-state index in [0.29, 0.717) is 6.42 Å². The zero-order valence-corrected chi connectivity index (χ0v) is 6.96. The Morgan fingerprint density at radius 3 is 2.73 bits per heavy atom. The van der Waals surface area contributed by atoms with Crippen molar-refractivity contribution in [3.63, 3.8) is 0 Å². The van der Waals surface area contributed by atoms with Gasteiger partial charge in [-0.2, -0.15) is 5.48 Å². The molecule has 0 spiro atoms. The number of nitrogens with one attached hydrogen (secondary N) is 1. The summed E-state index contributed by atoms with van der Waals surface area (Å²) in [7, 11) is 1.30. The van der Waals surface area contributed by atoms with Gasteiger partial charge in [0.2, 0.25) is 0 Å². The summed E-state index contributed by atoms with van der Waals surface area (Å²) in [4.78, 5) is 10.8. The predicted octanol–water partition coefficient (Wildman–Crippen LogP) is 0.697. The molecule has 0 saturated heterocycles. The van der Waals surface area contributed by atoms with Gasteiger partial charge >= 0.3 is 5.97 Å². The van der Waals surface area contributed by atoms with Crippen LogP contribution in [0.3, 0.4) is 0 Å². The van der Waals surface area contributed by atoms with Crippen LogP contribution < -0.4 is 5.48 Å². The first-order valence-electron chi connectivity index (χ1n) is 3.73. The number of hydrogen-bond acceptors (Lipinski definition) is 4. The van der Waals surface area contributed by atoms with Crippen LogP contribution in [0.4, 0.5) is 0 Å². The minimum atomic E-state index is -0.569. The zero-order chi connectivity index (χ0) is 8.69. The summed E-state index contributed by atoms with van der Waals surface area (Å²) in [5.74, 6) is -0.416. The molecule has 0 unspecified atom stereocenters. The molecule has 0 amide bonds. The van der Waals surface area contributed by atoms with Gasteiger partial charge in [-0.25, -0.2) is 0 Å². The molecule has 0 heterocycles. The number of methoxy groups -OCH3 is 1. The van der Waals surface area contributed by atoms with E-state index in [9.17, 15) is 4.79 Å². The van der Waals surface area contributed by atoms with Crippen molar-refractivity contribution in [2.45, 2.75) is 32.2 Å². The first-order valence-corrected chi connectivity index (χ1v) is 3.73. The fraction of sp³-hybridized carbons (Fsp3) is 0.857. The first-order chi connectivity index (χ1) is 5.26. The lowest BCUT2D eigenvalue weighted by Gasteiger charge is -2.10. The van der Waals surface area contributed by atoms with E-state index in [4.69, 9.17) is 5.21 Å². The van der Waals surface area contributed by atoms with Crippen molar-refractivity contribution in [1.82, 2.24) is 5.48 Å². The molecule has 0 aromatic heterocycles. The van der Waals surface area contributed by atoms with E-state index in [1.54, 1.807) is 0 Å². The van der Waals surface area contributed by atoms with Gasteiger partial charge in [0.05, 0.1) is 7.11 Å². The molecule has 11 heavy (non-hydrogen) atoms. The highest BCUT2D eigenvalue weighted by atomic mass is 16.5. The van der Waals surface area contributed by atoms with E-state index in [2.05, 4.69) is 4.74 Å². The van der Waals surface area contributed by atoms with Crippen LogP contribution in [0.15, 0.2) is 0 Å². The van der Waals surface area contributed by atoms with Gasteiger partial charge < -0.3 is 9.94 Å². The molecule has 66 valence electrons. The molecule has 0 radical (unpaired) electrons. The standard InChI is InChI=1S/C7H15NO3/c1-3-4-5-6(8-10)7(9)11-2/h6,8,10H,3-5H2,1-2H3/t6-/m0/s1. The molecule has 2 N–H and O–H groups in total. The maximum Gasteiger partial charge on any atom is 0.325 e. The van der Waals surface area contributed by atoms with Gasteiger partial charge in [0.1, 0.15) is 6.04 Å². The van der Waals surface area contributed by atoms with Gasteiger partial charge in [-0.05, 0) is 6.42 Å². The van der Waals surface area contributed by atoms with E-state index in [0.717, 1.165) is 12.8 Å². The fourth-order valence-corrected chi connectivity index (χ4v) is 0.786. The molecule has 0 fully saturated rings. The molecule has 4 heteroatoms. The van der Waals surface area contributed by atoms with Crippen LogP contribution >= 0.6 is 0 Å². The predicted molar refractivity (Wildman–Crippen MR) is 40.3 cm³/mol. The van der Waals surface area contributed by atoms with E-state index < -0.39 is 12.0 Å². The molecule has 0 aromatic carbocycles. The lowest BCUT2D eigenvalue weighted by Crippen LogP contribution is -2.35. The molecule has 4 nitrogen and oxygen atoms in total. The number of rotatable bonds is 5. The number of unbranched alkanes of at least 4 members (excludes halogenated alkanes) is 1. The first kappa shape index (κ1) is 10.4. The van der Waals surface area contributed by atoms with Crippen LogP contribution in [-0.2, 0) is 9.53 Å². The molecule has 0 saturated carbocycles. The number of carbonyl (C=O) groups is 1. The number of hydroxylamine groups is 1. The Balaban J connectivity index is 3.65. The van der Waals surface area contributed by atoms with E-state index in [1.165, 1.54) is 7.11 Å². The van der Waals surface area contributed by atoms with Gasteiger partial charge in [0.15, 0.2) is 0 Å². The normalized spacial score (nSPS) is 12.6. The Hall–Kier alpha value is -0.610. The van der Waals surface area contributed by atoms with Crippen molar-refractivity contribution in [3.05, 3.63) is 0 Å². The average Bonchev–Trinajstić information content (AvgIpc) is 2.05. The summed E-state index contributed by atoms with van der Waals surface area (Å²) in [5.41, 5.74) is 1.91. The molecular formula is C7H15NO3. The monoisotopic (exact) mass is 161 g/mol. The largest absolute Gasteiger partial charge is 0.468 e. The highest BCUT2D eigenvalue weighted by Gasteiger charge is 2.16. The molecule has 0 aromatic rings. The van der Waals surface area contributed by atoms with Crippen molar-refractivity contribution in [2.24, 2.45) is 0 Å². The Morgan fingerprint density at radius 2 is 2.36 bits per heavy atom. The fourth-order valence-electron chi connectivity index (χ4n) is 0.786. The third-order valence-electron chi connectivity index (χ3n) is 1.49. The van der Waals surface area contributed by atoms with Crippen LogP contribution in [0.5, 0.6) is 0 Å². The summed E-state index contributed by atoms with van der Waals surface area (Å²) < 4.78 is 4.44. The summed E-state index contributed by atoms with van der Waals surface area (Å²) >= 11 is 0. The van der Waals surface area contributed by atoms with Gasteiger partial charge in [-0.15, -0.1) is 0 Å². The SMILES string of the molecule is CCCC[C@H](NO)C(=O)OC. The smallest absolute Gasteiger partial charge is 0.325 e. The maximum atomic E-state index is 10.8. The second-order valence-electron chi connectivity index (χ2n) is 2.35. The average molecular weight is 161 g/mol. The second kappa shape index (κ2) is 6.12. The number of ether oxygens (including phenoxy) is 1. The Morgan fingerprint density at radius 1 is 1.73 bits per heavy atom. The third kappa shape index (κ3) is 3.95. The minimum absolute atomic E-state index is 0.416. The topological polar surface area (TPSA) is 58.6 Å². The van der Waals surface area contributed by atoms with Crippen molar-refractivity contribution < 1.29 is 14.7 Å². The molecule has 0 aliphatic carbocycles. The molecule has 0 aliphatic rings. The Kier molecular flexibility index (Phi) is 5.78. The summed E-state index contributed by atoms with van der Waals surface area (Å²) in [5, 5.41) is 8.50. The van der Waals surface area contributed by atoms with E-state index >= 15 is 0 Å². The quantitative estimate of drug-likeness (QED) is 0.460. The van der Waals surface area contributed by atoms with Crippen LogP contribution in [0, 0.1) is 0 Å². The van der Waals surface area contributed by atoms with Gasteiger partial charge in [0.25, 0.3) is 0 Å². The zero-order valence-electron chi connectivity index (χ0n) is 6.96. The lowest BCUT2D eigenvalue weighted by atomic mass is 10.1. The summed E-state index contributed by atoms with van der Waals surface area (Å²) in [6.07, 6.45) is 2.50. The maximum absolute atomic E-state index is 10.8. The lowest BCUT2D eigenvalue weighted by molar-refractivity contribution is -0.146. The highest BCUT2D eigenvalue weighted by Crippen LogP contribution is 2.00. The molecular weight excluding hydrogens is 146 g/mol. The van der Waals surface area contributed by atoms with E-state index in [1.807, 2.05) is 12.4 Å². The van der Waals surface area contributed by atoms with Gasteiger partial charge in [-0.1, -0.05) is 19.8 Å². The van der Waals surface area contributed by atoms with Gasteiger partial charge in [-0.3, -0.25) is 4.79 Å². The number of carbonyl (C=O) groups excluding carboxylic acids is 1. The second-order valence-corrected chi connectivity index (χ2v) is 2.35. The Bertz CT molecular complexity index is 116. The highest BCUT2D eigenvalue weighted by molar-refractivity contribution is 5.75. The number of esters is 1. The van der Waals surface area contributed by atoms with Crippen LogP contribution in [-0.4, -0.2) is 24.3 Å². The van der Waals surface area contributed by atoms with Gasteiger partial charge in [0, 0.05) is 0 Å². The number of hydrogen-bond donors (Lipinski definition) is 2. The van der Waals surface area contributed by atoms with Crippen molar-refractivity contribution in [2.75, 3.05) is 7.11 Å². The Labute approximate surface area is 66.5 Å². The van der Waals surface area contributed by atoms with Crippen molar-refractivity contribution in [1.29, 1.82) is 0 Å². The van der Waals surface area contributed by atoms with Crippen molar-refractivity contribution >= 4 is 5.97 Å². The van der Waals surface area contributed by atoms with Crippen LogP contribution in [0.2, 0.25) is 0 Å². The molecule has 1 atom stereocenters. The summed E-state index contributed by atoms with van der Waals surface area (Å²) in [6.45, 7) is 2.02. The third-order valence-corrected chi connectivity index (χ3v) is 1.49. The molecule has 0 rings (SSSR count). The van der Waals surface area contributed by atoms with Crippen LogP contribution in [0.1, 0.15) is 26.2 Å². The molecule has 0 aliphatic heterocycles. The van der Waals surface area contributed by atoms with E-state index in [-0.39, 0.29) is 0 Å².